The fraction of sp³-hybridized carbons (Fsp3) is 0.500. The summed E-state index contributed by atoms with van der Waals surface area (Å²) < 4.78 is 0. The van der Waals surface area contributed by atoms with E-state index in [1.54, 1.807) is 6.08 Å². The minimum atomic E-state index is 0.123. The molecule has 0 aromatic carbocycles. The summed E-state index contributed by atoms with van der Waals surface area (Å²) in [4.78, 5) is 0. The van der Waals surface area contributed by atoms with Gasteiger partial charge >= 0.3 is 0 Å². The molecule has 1 atom stereocenters. The third-order valence-corrected chi connectivity index (χ3v) is 1.13. The van der Waals surface area contributed by atoms with E-state index in [2.05, 4.69) is 13.5 Å². The first kappa shape index (κ1) is 7.03. The van der Waals surface area contributed by atoms with Crippen LogP contribution < -0.4 is 0 Å². The Hall–Kier alpha value is 0.0300. The molecule has 0 spiro atoms. The van der Waals surface area contributed by atoms with E-state index in [-0.39, 0.29) is 5.38 Å². The standard InChI is InChI=1S/C6H10Cl/c1-3-5-6(7)4-2/h4,6H,1-3,5H2. The minimum absolute atomic E-state index is 0.123. The number of allylic oxidation sites excluding steroid dienone is 1. The van der Waals surface area contributed by atoms with Crippen molar-refractivity contribution in [3.63, 3.8) is 0 Å². The summed E-state index contributed by atoms with van der Waals surface area (Å²) in [5.41, 5.74) is 0. The highest BCUT2D eigenvalue weighted by atomic mass is 35.5. The molecule has 0 aliphatic rings. The van der Waals surface area contributed by atoms with Gasteiger partial charge < -0.3 is 0 Å². The van der Waals surface area contributed by atoms with E-state index < -0.39 is 0 Å². The van der Waals surface area contributed by atoms with Crippen LogP contribution in [-0.4, -0.2) is 5.38 Å². The maximum Gasteiger partial charge on any atom is 0.0513 e. The monoisotopic (exact) mass is 117 g/mol. The van der Waals surface area contributed by atoms with Crippen LogP contribution in [0.3, 0.4) is 0 Å². The summed E-state index contributed by atoms with van der Waals surface area (Å²) >= 11 is 5.61. The molecule has 0 saturated heterocycles. The highest BCUT2D eigenvalue weighted by Gasteiger charge is 1.92. The summed E-state index contributed by atoms with van der Waals surface area (Å²) in [5.74, 6) is 0. The Labute approximate surface area is 50.2 Å². The lowest BCUT2D eigenvalue weighted by Crippen LogP contribution is -1.88. The van der Waals surface area contributed by atoms with Crippen molar-refractivity contribution in [1.29, 1.82) is 0 Å². The van der Waals surface area contributed by atoms with Crippen LogP contribution in [0.2, 0.25) is 0 Å². The average molecular weight is 118 g/mol. The number of alkyl halides is 1. The molecule has 0 bridgehead atoms. The lowest BCUT2D eigenvalue weighted by molar-refractivity contribution is 0.874. The molecule has 0 rings (SSSR count). The number of halogens is 1. The van der Waals surface area contributed by atoms with E-state index in [1.165, 1.54) is 0 Å². The first-order chi connectivity index (χ1) is 3.31. The van der Waals surface area contributed by atoms with Gasteiger partial charge in [-0.25, -0.2) is 0 Å². The zero-order valence-electron chi connectivity index (χ0n) is 4.36. The maximum atomic E-state index is 5.61. The van der Waals surface area contributed by atoms with Crippen LogP contribution in [0, 0.1) is 6.92 Å². The fourth-order valence-electron chi connectivity index (χ4n) is 0.313. The van der Waals surface area contributed by atoms with Gasteiger partial charge in [0.15, 0.2) is 0 Å². The predicted octanol–water partition coefficient (Wildman–Crippen LogP) is 2.39. The van der Waals surface area contributed by atoms with Gasteiger partial charge in [-0.1, -0.05) is 19.4 Å². The molecule has 41 valence electrons. The quantitative estimate of drug-likeness (QED) is 0.393. The van der Waals surface area contributed by atoms with Gasteiger partial charge in [-0.15, -0.1) is 18.2 Å². The second kappa shape index (κ2) is 4.20. The molecule has 0 aromatic heterocycles. The van der Waals surface area contributed by atoms with Crippen molar-refractivity contribution >= 4 is 11.6 Å². The molecule has 0 amide bonds. The van der Waals surface area contributed by atoms with Gasteiger partial charge in [0.1, 0.15) is 0 Å². The van der Waals surface area contributed by atoms with Crippen molar-refractivity contribution in [2.45, 2.75) is 18.2 Å². The van der Waals surface area contributed by atoms with Crippen LogP contribution in [0.4, 0.5) is 0 Å². The Morgan fingerprint density at radius 1 is 1.71 bits per heavy atom. The van der Waals surface area contributed by atoms with Crippen molar-refractivity contribution < 1.29 is 0 Å². The second-order valence-electron chi connectivity index (χ2n) is 1.39. The molecule has 0 N–H and O–H groups in total. The summed E-state index contributed by atoms with van der Waals surface area (Å²) in [7, 11) is 0. The van der Waals surface area contributed by atoms with Crippen LogP contribution in [0.15, 0.2) is 12.7 Å². The SMILES string of the molecule is [CH2]CCC(Cl)C=C. The summed E-state index contributed by atoms with van der Waals surface area (Å²) in [5, 5.41) is 0.123. The molecule has 0 fully saturated rings. The van der Waals surface area contributed by atoms with E-state index in [1.807, 2.05) is 0 Å². The van der Waals surface area contributed by atoms with Gasteiger partial charge in [0, 0.05) is 0 Å². The summed E-state index contributed by atoms with van der Waals surface area (Å²) in [6, 6.07) is 0. The Kier molecular flexibility index (Phi) is 4.21. The van der Waals surface area contributed by atoms with Crippen molar-refractivity contribution in [3.05, 3.63) is 19.6 Å². The van der Waals surface area contributed by atoms with E-state index in [0.29, 0.717) is 0 Å². The van der Waals surface area contributed by atoms with Gasteiger partial charge in [-0.05, 0) is 6.42 Å². The van der Waals surface area contributed by atoms with Gasteiger partial charge in [0.2, 0.25) is 0 Å². The molecular weight excluding hydrogens is 108 g/mol. The Balaban J connectivity index is 2.98. The highest BCUT2D eigenvalue weighted by molar-refractivity contribution is 6.21. The molecule has 0 aliphatic carbocycles. The Morgan fingerprint density at radius 2 is 2.29 bits per heavy atom. The molecule has 0 saturated carbocycles. The zero-order valence-corrected chi connectivity index (χ0v) is 5.12. The average Bonchev–Trinajstić information content (AvgIpc) is 1.68. The molecule has 0 nitrogen and oxygen atoms in total. The van der Waals surface area contributed by atoms with E-state index in [9.17, 15) is 0 Å². The van der Waals surface area contributed by atoms with Gasteiger partial charge in [0.05, 0.1) is 5.38 Å². The third-order valence-electron chi connectivity index (χ3n) is 0.736. The summed E-state index contributed by atoms with van der Waals surface area (Å²) in [6.45, 7) is 7.16. The fourth-order valence-corrected chi connectivity index (χ4v) is 0.467. The van der Waals surface area contributed by atoms with Crippen molar-refractivity contribution in [3.8, 4) is 0 Å². The topological polar surface area (TPSA) is 0 Å². The lowest BCUT2D eigenvalue weighted by Gasteiger charge is -1.95. The van der Waals surface area contributed by atoms with Crippen LogP contribution in [-0.2, 0) is 0 Å². The van der Waals surface area contributed by atoms with Crippen molar-refractivity contribution in [1.82, 2.24) is 0 Å². The molecule has 0 heterocycles. The Bertz CT molecular complexity index is 50.1. The van der Waals surface area contributed by atoms with E-state index in [0.717, 1.165) is 12.8 Å². The Morgan fingerprint density at radius 3 is 2.43 bits per heavy atom. The van der Waals surface area contributed by atoms with Crippen LogP contribution in [0.25, 0.3) is 0 Å². The third kappa shape index (κ3) is 3.87. The molecule has 1 heteroatoms. The first-order valence-electron chi connectivity index (χ1n) is 2.37. The number of rotatable bonds is 3. The van der Waals surface area contributed by atoms with Gasteiger partial charge in [-0.2, -0.15) is 0 Å². The zero-order chi connectivity index (χ0) is 5.70. The first-order valence-corrected chi connectivity index (χ1v) is 2.80. The molecule has 1 unspecified atom stereocenters. The largest absolute Gasteiger partial charge is 0.118 e. The second-order valence-corrected chi connectivity index (χ2v) is 1.95. The molecular formula is C6H10Cl. The minimum Gasteiger partial charge on any atom is -0.118 e. The normalized spacial score (nSPS) is 13.4. The lowest BCUT2D eigenvalue weighted by atomic mass is 10.2. The number of hydrogen-bond donors (Lipinski definition) is 0. The van der Waals surface area contributed by atoms with Crippen LogP contribution in [0.5, 0.6) is 0 Å². The maximum absolute atomic E-state index is 5.61. The summed E-state index contributed by atoms with van der Waals surface area (Å²) in [6.07, 6.45) is 3.55. The van der Waals surface area contributed by atoms with E-state index in [4.69, 9.17) is 11.6 Å². The molecule has 0 aliphatic heterocycles. The molecule has 1 radical (unpaired) electrons. The van der Waals surface area contributed by atoms with Crippen LogP contribution in [0.1, 0.15) is 12.8 Å². The van der Waals surface area contributed by atoms with Gasteiger partial charge in [-0.3, -0.25) is 0 Å². The van der Waals surface area contributed by atoms with Crippen LogP contribution >= 0.6 is 11.6 Å². The van der Waals surface area contributed by atoms with Crippen molar-refractivity contribution in [2.24, 2.45) is 0 Å². The predicted molar refractivity (Wildman–Crippen MR) is 34.4 cm³/mol. The van der Waals surface area contributed by atoms with Crippen molar-refractivity contribution in [2.75, 3.05) is 0 Å². The van der Waals surface area contributed by atoms with E-state index >= 15 is 0 Å². The smallest absolute Gasteiger partial charge is 0.0513 e. The number of hydrogen-bond acceptors (Lipinski definition) is 0. The molecule has 7 heavy (non-hydrogen) atoms. The van der Waals surface area contributed by atoms with Gasteiger partial charge in [0.25, 0.3) is 0 Å². The highest BCUT2D eigenvalue weighted by Crippen LogP contribution is 2.03. The molecule has 0 aromatic rings.